The van der Waals surface area contributed by atoms with Crippen LogP contribution in [-0.2, 0) is 10.2 Å². The first-order valence-corrected chi connectivity index (χ1v) is 7.59. The Hall–Kier alpha value is -1.63. The van der Waals surface area contributed by atoms with Crippen molar-refractivity contribution in [1.82, 2.24) is 19.5 Å². The van der Waals surface area contributed by atoms with Crippen molar-refractivity contribution in [1.29, 1.82) is 0 Å². The number of imidazole rings is 1. The third-order valence-corrected chi connectivity index (χ3v) is 4.46. The quantitative estimate of drug-likeness (QED) is 0.846. The Morgan fingerprint density at radius 3 is 2.70 bits per heavy atom. The largest absolute Gasteiger partial charge is 0.324 e. The maximum Gasteiger partial charge on any atom is 0.243 e. The molecule has 3 heterocycles. The first-order chi connectivity index (χ1) is 9.38. The zero-order chi connectivity index (χ0) is 14.5. The Kier molecular flexibility index (Phi) is 2.97. The Bertz CT molecular complexity index is 622. The molecule has 3 rings (SSSR count). The summed E-state index contributed by atoms with van der Waals surface area (Å²) in [5.41, 5.74) is 1.06. The van der Waals surface area contributed by atoms with Crippen LogP contribution in [0.5, 0.6) is 0 Å². The molecule has 7 heteroatoms. The first-order valence-electron chi connectivity index (χ1n) is 6.78. The van der Waals surface area contributed by atoms with Gasteiger partial charge in [-0.2, -0.15) is 0 Å². The van der Waals surface area contributed by atoms with E-state index in [-0.39, 0.29) is 11.3 Å². The van der Waals surface area contributed by atoms with Crippen molar-refractivity contribution in [3.05, 3.63) is 11.9 Å². The molecule has 1 aliphatic rings. The predicted molar refractivity (Wildman–Crippen MR) is 79.2 cm³/mol. The van der Waals surface area contributed by atoms with Crippen LogP contribution in [0.4, 0.5) is 5.13 Å². The summed E-state index contributed by atoms with van der Waals surface area (Å²) in [6.07, 6.45) is 1.98. The molecule has 1 aliphatic heterocycles. The van der Waals surface area contributed by atoms with E-state index in [0.29, 0.717) is 13.2 Å². The predicted octanol–water partition coefficient (Wildman–Crippen LogP) is 1.71. The van der Waals surface area contributed by atoms with E-state index in [9.17, 15) is 4.79 Å². The van der Waals surface area contributed by atoms with Gasteiger partial charge in [-0.15, -0.1) is 5.10 Å². The molecule has 0 aliphatic carbocycles. The standard InChI is InChI=1S/C13H19N5OS/c1-5-16-8-17(7-10(16)19)12-15-18-6-9(13(2,3)4)14-11(18)20-12/h6H,5,7-8H2,1-4H3. The molecular formula is C13H19N5OS. The molecule has 0 bridgehead atoms. The van der Waals surface area contributed by atoms with Crippen molar-refractivity contribution in [2.75, 3.05) is 24.7 Å². The number of hydrogen-bond acceptors (Lipinski definition) is 5. The highest BCUT2D eigenvalue weighted by molar-refractivity contribution is 7.20. The van der Waals surface area contributed by atoms with E-state index in [0.717, 1.165) is 22.3 Å². The summed E-state index contributed by atoms with van der Waals surface area (Å²) < 4.78 is 1.82. The molecule has 0 unspecified atom stereocenters. The van der Waals surface area contributed by atoms with Crippen LogP contribution in [0.2, 0.25) is 0 Å². The molecule has 0 atom stereocenters. The Morgan fingerprint density at radius 1 is 1.40 bits per heavy atom. The number of fused-ring (bicyclic) bond motifs is 1. The van der Waals surface area contributed by atoms with Crippen LogP contribution < -0.4 is 4.90 Å². The van der Waals surface area contributed by atoms with Gasteiger partial charge in [-0.3, -0.25) is 4.79 Å². The lowest BCUT2D eigenvalue weighted by molar-refractivity contribution is -0.126. The summed E-state index contributed by atoms with van der Waals surface area (Å²) in [7, 11) is 0. The Balaban J connectivity index is 1.88. The summed E-state index contributed by atoms with van der Waals surface area (Å²) in [4.78, 5) is 21.1. The molecule has 1 saturated heterocycles. The lowest BCUT2D eigenvalue weighted by Gasteiger charge is -2.15. The minimum Gasteiger partial charge on any atom is -0.324 e. The summed E-state index contributed by atoms with van der Waals surface area (Å²) in [5.74, 6) is 0.163. The number of carbonyl (C=O) groups is 1. The van der Waals surface area contributed by atoms with E-state index in [1.165, 1.54) is 11.3 Å². The molecule has 108 valence electrons. The smallest absolute Gasteiger partial charge is 0.243 e. The number of anilines is 1. The average molecular weight is 293 g/mol. The molecule has 2 aromatic heterocycles. The maximum atomic E-state index is 11.8. The van der Waals surface area contributed by atoms with E-state index >= 15 is 0 Å². The second kappa shape index (κ2) is 4.44. The highest BCUT2D eigenvalue weighted by atomic mass is 32.1. The second-order valence-corrected chi connectivity index (χ2v) is 7.01. The summed E-state index contributed by atoms with van der Waals surface area (Å²) in [6.45, 7) is 10.2. The minimum atomic E-state index is 0.0240. The van der Waals surface area contributed by atoms with Crippen LogP contribution in [0.3, 0.4) is 0 Å². The highest BCUT2D eigenvalue weighted by Gasteiger charge is 2.29. The maximum absolute atomic E-state index is 11.8. The fourth-order valence-corrected chi connectivity index (χ4v) is 3.06. The summed E-state index contributed by atoms with van der Waals surface area (Å²) in [6, 6.07) is 0. The Labute approximate surface area is 122 Å². The van der Waals surface area contributed by atoms with E-state index in [4.69, 9.17) is 0 Å². The van der Waals surface area contributed by atoms with E-state index in [2.05, 4.69) is 30.9 Å². The van der Waals surface area contributed by atoms with Crippen molar-refractivity contribution >= 4 is 27.3 Å². The molecule has 1 amide bonds. The number of nitrogens with zero attached hydrogens (tertiary/aromatic N) is 5. The van der Waals surface area contributed by atoms with E-state index in [1.54, 1.807) is 0 Å². The average Bonchev–Trinajstić information content (AvgIpc) is 2.98. The first kappa shape index (κ1) is 13.4. The van der Waals surface area contributed by atoms with Crippen LogP contribution in [0.15, 0.2) is 6.20 Å². The third-order valence-electron chi connectivity index (χ3n) is 3.47. The molecule has 0 spiro atoms. The van der Waals surface area contributed by atoms with Crippen LogP contribution >= 0.6 is 11.3 Å². The van der Waals surface area contributed by atoms with Gasteiger partial charge in [0, 0.05) is 12.0 Å². The van der Waals surface area contributed by atoms with Gasteiger partial charge >= 0.3 is 0 Å². The van der Waals surface area contributed by atoms with Gasteiger partial charge < -0.3 is 9.80 Å². The van der Waals surface area contributed by atoms with Gasteiger partial charge in [-0.1, -0.05) is 32.1 Å². The summed E-state index contributed by atoms with van der Waals surface area (Å²) >= 11 is 1.53. The van der Waals surface area contributed by atoms with Crippen molar-refractivity contribution in [2.24, 2.45) is 0 Å². The third kappa shape index (κ3) is 2.15. The molecule has 6 nitrogen and oxygen atoms in total. The zero-order valence-corrected chi connectivity index (χ0v) is 13.1. The zero-order valence-electron chi connectivity index (χ0n) is 12.3. The van der Waals surface area contributed by atoms with E-state index < -0.39 is 0 Å². The SMILES string of the molecule is CCN1CN(c2nn3cc(C(C)(C)C)nc3s2)CC1=O. The molecule has 0 radical (unpaired) electrons. The van der Waals surface area contributed by atoms with Crippen molar-refractivity contribution in [3.8, 4) is 0 Å². The number of rotatable bonds is 2. The fraction of sp³-hybridized carbons (Fsp3) is 0.615. The lowest BCUT2D eigenvalue weighted by atomic mass is 9.93. The lowest BCUT2D eigenvalue weighted by Crippen LogP contribution is -2.26. The number of amides is 1. The van der Waals surface area contributed by atoms with Crippen LogP contribution in [0.1, 0.15) is 33.4 Å². The van der Waals surface area contributed by atoms with Crippen molar-refractivity contribution in [2.45, 2.75) is 33.1 Å². The molecular weight excluding hydrogens is 274 g/mol. The van der Waals surface area contributed by atoms with Gasteiger partial charge in [0.15, 0.2) is 0 Å². The van der Waals surface area contributed by atoms with Crippen molar-refractivity contribution in [3.63, 3.8) is 0 Å². The van der Waals surface area contributed by atoms with Gasteiger partial charge in [0.25, 0.3) is 0 Å². The monoisotopic (exact) mass is 293 g/mol. The normalized spacial score (nSPS) is 16.7. The minimum absolute atomic E-state index is 0.0240. The molecule has 0 N–H and O–H groups in total. The second-order valence-electron chi connectivity index (χ2n) is 6.08. The molecule has 1 fully saturated rings. The summed E-state index contributed by atoms with van der Waals surface area (Å²) in [5, 5.41) is 5.41. The number of likely N-dealkylation sites (N-methyl/N-ethyl adjacent to an activating group) is 1. The van der Waals surface area contributed by atoms with Gasteiger partial charge in [-0.05, 0) is 6.92 Å². The van der Waals surface area contributed by atoms with Gasteiger partial charge in [0.1, 0.15) is 6.54 Å². The highest BCUT2D eigenvalue weighted by Crippen LogP contribution is 2.28. The number of hydrogen-bond donors (Lipinski definition) is 0. The molecule has 0 aromatic carbocycles. The van der Waals surface area contributed by atoms with Gasteiger partial charge in [0.2, 0.25) is 16.0 Å². The van der Waals surface area contributed by atoms with Crippen LogP contribution in [-0.4, -0.2) is 45.2 Å². The van der Waals surface area contributed by atoms with Crippen LogP contribution in [0, 0.1) is 0 Å². The number of aromatic nitrogens is 3. The van der Waals surface area contributed by atoms with Crippen LogP contribution in [0.25, 0.3) is 4.96 Å². The fourth-order valence-electron chi connectivity index (χ4n) is 2.18. The topological polar surface area (TPSA) is 53.7 Å². The molecule has 0 saturated carbocycles. The van der Waals surface area contributed by atoms with Crippen molar-refractivity contribution < 1.29 is 4.79 Å². The van der Waals surface area contributed by atoms with E-state index in [1.807, 2.05) is 27.4 Å². The molecule has 20 heavy (non-hydrogen) atoms. The molecule has 2 aromatic rings. The van der Waals surface area contributed by atoms with Gasteiger partial charge in [0.05, 0.1) is 18.6 Å². The Morgan fingerprint density at radius 2 is 2.15 bits per heavy atom. The number of carbonyl (C=O) groups excluding carboxylic acids is 1. The van der Waals surface area contributed by atoms with Gasteiger partial charge in [-0.25, -0.2) is 9.50 Å².